The first-order valence-electron chi connectivity index (χ1n) is 11.2. The summed E-state index contributed by atoms with van der Waals surface area (Å²) >= 11 is 0. The van der Waals surface area contributed by atoms with Crippen molar-refractivity contribution in [3.8, 4) is 11.1 Å². The van der Waals surface area contributed by atoms with Gasteiger partial charge >= 0.3 is 12.1 Å². The SMILES string of the molecule is O=C(CCOCCNC(=O)OCC1c2ccccc2-c2ccccc21)NC[C@@H]1C[C@@H]1C(=O)O. The lowest BCUT2D eigenvalue weighted by molar-refractivity contribution is -0.139. The molecule has 0 aromatic heterocycles. The molecule has 2 aliphatic carbocycles. The molecule has 0 unspecified atom stereocenters. The van der Waals surface area contributed by atoms with E-state index in [9.17, 15) is 14.4 Å². The van der Waals surface area contributed by atoms with E-state index < -0.39 is 12.1 Å². The number of fused-ring (bicyclic) bond motifs is 3. The van der Waals surface area contributed by atoms with Crippen molar-refractivity contribution in [2.75, 3.05) is 32.9 Å². The first kappa shape index (κ1) is 22.8. The third kappa shape index (κ3) is 5.70. The average molecular weight is 453 g/mol. The first-order valence-corrected chi connectivity index (χ1v) is 11.2. The standard InChI is InChI=1S/C25H28N2O6/c28-23(27-14-16-13-21(16)24(29)30)9-11-32-12-10-26-25(31)33-15-22-19-7-3-1-5-17(19)18-6-2-4-8-20(18)22/h1-8,16,21-22H,9-15H2,(H,26,31)(H,27,28)(H,29,30)/t16-,21-/m0/s1. The van der Waals surface area contributed by atoms with Crippen LogP contribution >= 0.6 is 0 Å². The fourth-order valence-electron chi connectivity index (χ4n) is 4.25. The lowest BCUT2D eigenvalue weighted by Gasteiger charge is -2.14. The summed E-state index contributed by atoms with van der Waals surface area (Å²) < 4.78 is 10.8. The Kier molecular flexibility index (Phi) is 7.24. The number of carbonyl (C=O) groups is 3. The number of aliphatic carboxylic acids is 1. The summed E-state index contributed by atoms with van der Waals surface area (Å²) in [4.78, 5) is 34.6. The Balaban J connectivity index is 1.09. The molecule has 0 spiro atoms. The smallest absolute Gasteiger partial charge is 0.407 e. The van der Waals surface area contributed by atoms with E-state index in [2.05, 4.69) is 34.9 Å². The lowest BCUT2D eigenvalue weighted by Crippen LogP contribution is -2.30. The van der Waals surface area contributed by atoms with E-state index in [1.807, 2.05) is 24.3 Å². The molecule has 2 aliphatic rings. The molecule has 0 heterocycles. The van der Waals surface area contributed by atoms with Crippen LogP contribution in [0.4, 0.5) is 4.79 Å². The van der Waals surface area contributed by atoms with Gasteiger partial charge in [-0.2, -0.15) is 0 Å². The van der Waals surface area contributed by atoms with Crippen LogP contribution in [0.15, 0.2) is 48.5 Å². The minimum atomic E-state index is -0.804. The predicted molar refractivity (Wildman–Crippen MR) is 121 cm³/mol. The summed E-state index contributed by atoms with van der Waals surface area (Å²) in [7, 11) is 0. The van der Waals surface area contributed by atoms with Crippen molar-refractivity contribution in [1.29, 1.82) is 0 Å². The van der Waals surface area contributed by atoms with E-state index in [1.54, 1.807) is 0 Å². The van der Waals surface area contributed by atoms with Crippen molar-refractivity contribution in [2.45, 2.75) is 18.8 Å². The van der Waals surface area contributed by atoms with Gasteiger partial charge in [-0.1, -0.05) is 48.5 Å². The summed E-state index contributed by atoms with van der Waals surface area (Å²) in [5.74, 6) is -1.25. The normalized spacial score (nSPS) is 18.2. The largest absolute Gasteiger partial charge is 0.481 e. The van der Waals surface area contributed by atoms with Gasteiger partial charge in [-0.15, -0.1) is 0 Å². The van der Waals surface area contributed by atoms with Gasteiger partial charge in [-0.05, 0) is 34.6 Å². The minimum Gasteiger partial charge on any atom is -0.481 e. The zero-order valence-corrected chi connectivity index (χ0v) is 18.3. The third-order valence-electron chi connectivity index (χ3n) is 6.13. The highest BCUT2D eigenvalue weighted by Crippen LogP contribution is 2.44. The second-order valence-corrected chi connectivity index (χ2v) is 8.36. The zero-order valence-electron chi connectivity index (χ0n) is 18.3. The number of carbonyl (C=O) groups excluding carboxylic acids is 2. The molecule has 0 saturated heterocycles. The Bertz CT molecular complexity index is 978. The molecule has 1 fully saturated rings. The monoisotopic (exact) mass is 452 g/mol. The van der Waals surface area contributed by atoms with Gasteiger partial charge in [-0.3, -0.25) is 9.59 Å². The van der Waals surface area contributed by atoms with Crippen molar-refractivity contribution in [1.82, 2.24) is 10.6 Å². The molecule has 2 amide bonds. The lowest BCUT2D eigenvalue weighted by atomic mass is 9.98. The molecule has 8 heteroatoms. The van der Waals surface area contributed by atoms with Gasteiger partial charge in [0, 0.05) is 25.4 Å². The molecule has 8 nitrogen and oxygen atoms in total. The van der Waals surface area contributed by atoms with Crippen LogP contribution in [0, 0.1) is 11.8 Å². The molecule has 0 radical (unpaired) electrons. The maximum absolute atomic E-state index is 12.1. The number of rotatable bonds is 11. The van der Waals surface area contributed by atoms with Crippen LogP contribution in [-0.4, -0.2) is 56.0 Å². The third-order valence-corrected chi connectivity index (χ3v) is 6.13. The quantitative estimate of drug-likeness (QED) is 0.452. The summed E-state index contributed by atoms with van der Waals surface area (Å²) in [5.41, 5.74) is 4.68. The summed E-state index contributed by atoms with van der Waals surface area (Å²) in [6.07, 6.45) is 0.305. The fraction of sp³-hybridized carbons (Fsp3) is 0.400. The molecular weight excluding hydrogens is 424 g/mol. The number of nitrogens with one attached hydrogen (secondary N) is 2. The van der Waals surface area contributed by atoms with E-state index in [-0.39, 0.29) is 56.4 Å². The molecule has 0 aliphatic heterocycles. The van der Waals surface area contributed by atoms with Crippen molar-refractivity contribution in [3.63, 3.8) is 0 Å². The first-order chi connectivity index (χ1) is 16.0. The molecular formula is C25H28N2O6. The van der Waals surface area contributed by atoms with Gasteiger partial charge in [0.05, 0.1) is 19.1 Å². The number of hydrogen-bond acceptors (Lipinski definition) is 5. The van der Waals surface area contributed by atoms with Gasteiger partial charge in [0.2, 0.25) is 5.91 Å². The predicted octanol–water partition coefficient (Wildman–Crippen LogP) is 2.77. The number of alkyl carbamates (subject to hydrolysis) is 1. The molecule has 3 N–H and O–H groups in total. The highest BCUT2D eigenvalue weighted by molar-refractivity contribution is 5.79. The number of amides is 2. The Morgan fingerprint density at radius 1 is 0.939 bits per heavy atom. The van der Waals surface area contributed by atoms with E-state index >= 15 is 0 Å². The van der Waals surface area contributed by atoms with Crippen LogP contribution in [0.3, 0.4) is 0 Å². The molecule has 2 aromatic rings. The second kappa shape index (κ2) is 10.5. The summed E-state index contributed by atoms with van der Waals surface area (Å²) in [6.45, 7) is 1.41. The van der Waals surface area contributed by atoms with Crippen LogP contribution in [0.1, 0.15) is 29.9 Å². The van der Waals surface area contributed by atoms with Crippen LogP contribution in [0.2, 0.25) is 0 Å². The van der Waals surface area contributed by atoms with Gasteiger partial charge in [0.25, 0.3) is 0 Å². The molecule has 2 aromatic carbocycles. The van der Waals surface area contributed by atoms with Crippen molar-refractivity contribution < 1.29 is 29.0 Å². The summed E-state index contributed by atoms with van der Waals surface area (Å²) in [5, 5.41) is 14.2. The topological polar surface area (TPSA) is 114 Å². The maximum atomic E-state index is 12.1. The minimum absolute atomic E-state index is 0.0133. The Hall–Kier alpha value is -3.39. The Morgan fingerprint density at radius 2 is 1.61 bits per heavy atom. The average Bonchev–Trinajstić information content (AvgIpc) is 3.54. The van der Waals surface area contributed by atoms with Crippen LogP contribution in [-0.2, 0) is 19.1 Å². The highest BCUT2D eigenvalue weighted by Gasteiger charge is 2.42. The number of carboxylic acids is 1. The van der Waals surface area contributed by atoms with Crippen LogP contribution < -0.4 is 10.6 Å². The molecule has 4 rings (SSSR count). The number of hydrogen-bond donors (Lipinski definition) is 3. The number of benzene rings is 2. The van der Waals surface area contributed by atoms with Gasteiger partial charge in [0.15, 0.2) is 0 Å². The zero-order chi connectivity index (χ0) is 23.2. The van der Waals surface area contributed by atoms with Gasteiger partial charge < -0.3 is 25.2 Å². The van der Waals surface area contributed by atoms with E-state index in [4.69, 9.17) is 14.6 Å². The number of carboxylic acid groups (broad SMARTS) is 1. The molecule has 1 saturated carbocycles. The summed E-state index contributed by atoms with van der Waals surface area (Å²) in [6, 6.07) is 16.3. The highest BCUT2D eigenvalue weighted by atomic mass is 16.5. The van der Waals surface area contributed by atoms with Crippen molar-refractivity contribution >= 4 is 18.0 Å². The van der Waals surface area contributed by atoms with E-state index in [0.717, 1.165) is 11.1 Å². The van der Waals surface area contributed by atoms with Crippen molar-refractivity contribution in [2.24, 2.45) is 11.8 Å². The Morgan fingerprint density at radius 3 is 2.24 bits per heavy atom. The molecule has 0 bridgehead atoms. The van der Waals surface area contributed by atoms with Gasteiger partial charge in [0.1, 0.15) is 6.61 Å². The Labute approximate surface area is 192 Å². The van der Waals surface area contributed by atoms with Crippen LogP contribution in [0.25, 0.3) is 11.1 Å². The molecule has 33 heavy (non-hydrogen) atoms. The van der Waals surface area contributed by atoms with E-state index in [0.29, 0.717) is 13.0 Å². The van der Waals surface area contributed by atoms with Crippen molar-refractivity contribution in [3.05, 3.63) is 59.7 Å². The maximum Gasteiger partial charge on any atom is 0.407 e. The van der Waals surface area contributed by atoms with E-state index in [1.165, 1.54) is 11.1 Å². The fourth-order valence-corrected chi connectivity index (χ4v) is 4.25. The second-order valence-electron chi connectivity index (χ2n) is 8.36. The molecule has 174 valence electrons. The molecule has 2 atom stereocenters. The number of ether oxygens (including phenoxy) is 2. The van der Waals surface area contributed by atoms with Gasteiger partial charge in [-0.25, -0.2) is 4.79 Å². The van der Waals surface area contributed by atoms with Crippen LogP contribution in [0.5, 0.6) is 0 Å².